The number of hydrogen-bond acceptors (Lipinski definition) is 7. The van der Waals surface area contributed by atoms with E-state index in [1.54, 1.807) is 39.8 Å². The number of terminal acetylenes is 1. The average molecular weight is 515 g/mol. The third kappa shape index (κ3) is 7.93. The molecule has 36 heavy (non-hydrogen) atoms. The van der Waals surface area contributed by atoms with Crippen molar-refractivity contribution in [3.05, 3.63) is 59.7 Å². The van der Waals surface area contributed by atoms with Gasteiger partial charge in [0, 0.05) is 5.56 Å². The molecule has 9 nitrogen and oxygen atoms in total. The van der Waals surface area contributed by atoms with Gasteiger partial charge < -0.3 is 14.8 Å². The molecule has 0 aliphatic carbocycles. The van der Waals surface area contributed by atoms with Gasteiger partial charge in [-0.05, 0) is 71.0 Å². The summed E-state index contributed by atoms with van der Waals surface area (Å²) >= 11 is 0. The van der Waals surface area contributed by atoms with Crippen molar-refractivity contribution in [2.24, 2.45) is 0 Å². The summed E-state index contributed by atoms with van der Waals surface area (Å²) in [6, 6.07) is 10.2. The Balaban J connectivity index is 2.39. The molecule has 1 amide bonds. The molecule has 2 aromatic carbocycles. The molecule has 0 heterocycles. The summed E-state index contributed by atoms with van der Waals surface area (Å²) in [6.07, 6.45) is 6.37. The van der Waals surface area contributed by atoms with E-state index in [4.69, 9.17) is 15.9 Å². The van der Waals surface area contributed by atoms with E-state index in [0.717, 1.165) is 5.56 Å². The summed E-state index contributed by atoms with van der Waals surface area (Å²) in [5.74, 6) is 0.925. The van der Waals surface area contributed by atoms with Crippen LogP contribution in [0, 0.1) is 19.3 Å². The van der Waals surface area contributed by atoms with E-state index in [-0.39, 0.29) is 10.6 Å². The number of amides is 1. The monoisotopic (exact) mass is 514 g/mol. The van der Waals surface area contributed by atoms with Crippen LogP contribution in [0.2, 0.25) is 0 Å². The van der Waals surface area contributed by atoms with Crippen molar-refractivity contribution in [2.75, 3.05) is 6.54 Å². The Hall–Kier alpha value is -3.68. The minimum Gasteiger partial charge on any atom is -0.473 e. The zero-order valence-electron chi connectivity index (χ0n) is 20.8. The maximum Gasteiger partial charge on any atom is 0.325 e. The fourth-order valence-electron chi connectivity index (χ4n) is 3.03. The molecule has 10 heteroatoms. The number of carbonyl (C=O) groups is 3. The summed E-state index contributed by atoms with van der Waals surface area (Å²) < 4.78 is 39.6. The average Bonchev–Trinajstić information content (AvgIpc) is 2.80. The van der Waals surface area contributed by atoms with Gasteiger partial charge in [0.1, 0.15) is 24.2 Å². The molecule has 2 rings (SSSR count). The standard InChI is InChI=1S/C26H30N2O7S/c1-7-26(6,34-20-12-10-19(17-29)11-13-20)23(24(31)27-16-22(30)35-25(3,4)5)28-36(32,33)21-14-8-18(2)9-15-21/h1,8-15,17,23,28H,16H2,2-6H3,(H,27,31)/t23-,26-/m1/s1. The Morgan fingerprint density at radius 2 is 1.64 bits per heavy atom. The van der Waals surface area contributed by atoms with Gasteiger partial charge >= 0.3 is 5.97 Å². The molecule has 0 saturated carbocycles. The van der Waals surface area contributed by atoms with Gasteiger partial charge in [0.15, 0.2) is 11.6 Å². The second kappa shape index (κ2) is 11.4. The molecular weight excluding hydrogens is 484 g/mol. The van der Waals surface area contributed by atoms with Crippen molar-refractivity contribution in [2.45, 2.75) is 56.8 Å². The van der Waals surface area contributed by atoms with Gasteiger partial charge in [0.25, 0.3) is 0 Å². The van der Waals surface area contributed by atoms with Crippen LogP contribution in [0.1, 0.15) is 43.6 Å². The summed E-state index contributed by atoms with van der Waals surface area (Å²) in [5, 5.41) is 2.37. The molecule has 0 unspecified atom stereocenters. The van der Waals surface area contributed by atoms with Crippen molar-refractivity contribution in [3.8, 4) is 18.1 Å². The number of aldehydes is 1. The number of esters is 1. The minimum atomic E-state index is -4.23. The number of sulfonamides is 1. The number of aryl methyl sites for hydroxylation is 1. The van der Waals surface area contributed by atoms with Gasteiger partial charge in [0.2, 0.25) is 15.9 Å². The number of ether oxygens (including phenoxy) is 2. The van der Waals surface area contributed by atoms with Crippen LogP contribution in [-0.2, 0) is 24.3 Å². The Morgan fingerprint density at radius 1 is 1.06 bits per heavy atom. The fourth-order valence-corrected chi connectivity index (χ4v) is 4.30. The fraction of sp³-hybridized carbons (Fsp3) is 0.346. The molecule has 192 valence electrons. The summed E-state index contributed by atoms with van der Waals surface area (Å²) in [7, 11) is -4.23. The maximum atomic E-state index is 13.2. The van der Waals surface area contributed by atoms with E-state index < -0.39 is 45.7 Å². The lowest BCUT2D eigenvalue weighted by molar-refractivity contribution is -0.154. The summed E-state index contributed by atoms with van der Waals surface area (Å²) in [6.45, 7) is 7.65. The van der Waals surface area contributed by atoms with Crippen molar-refractivity contribution in [1.82, 2.24) is 10.0 Å². The lowest BCUT2D eigenvalue weighted by Gasteiger charge is -2.33. The van der Waals surface area contributed by atoms with Crippen molar-refractivity contribution in [3.63, 3.8) is 0 Å². The van der Waals surface area contributed by atoms with E-state index in [9.17, 15) is 22.8 Å². The molecule has 0 aliphatic rings. The Labute approximate surface area is 211 Å². The van der Waals surface area contributed by atoms with E-state index in [2.05, 4.69) is 16.0 Å². The number of carbonyl (C=O) groups excluding carboxylic acids is 3. The highest BCUT2D eigenvalue weighted by Gasteiger charge is 2.43. The molecule has 2 aromatic rings. The topological polar surface area (TPSA) is 128 Å². The largest absolute Gasteiger partial charge is 0.473 e. The van der Waals surface area contributed by atoms with Crippen LogP contribution in [0.3, 0.4) is 0 Å². The number of benzene rings is 2. The van der Waals surface area contributed by atoms with Crippen molar-refractivity contribution < 1.29 is 32.3 Å². The number of nitrogens with one attached hydrogen (secondary N) is 2. The first-order valence-electron chi connectivity index (χ1n) is 11.0. The zero-order chi connectivity index (χ0) is 27.1. The van der Waals surface area contributed by atoms with E-state index in [0.29, 0.717) is 11.8 Å². The van der Waals surface area contributed by atoms with Crippen molar-refractivity contribution in [1.29, 1.82) is 0 Å². The SMILES string of the molecule is C#C[C@@](C)(Oc1ccc(C=O)cc1)[C@H](NS(=O)(=O)c1ccc(C)cc1)C(=O)NCC(=O)OC(C)(C)C. The lowest BCUT2D eigenvalue weighted by atomic mass is 9.96. The van der Waals surface area contributed by atoms with Gasteiger partial charge in [-0.3, -0.25) is 14.4 Å². The highest BCUT2D eigenvalue weighted by atomic mass is 32.2. The van der Waals surface area contributed by atoms with Gasteiger partial charge in [-0.2, -0.15) is 4.72 Å². The van der Waals surface area contributed by atoms with Crippen molar-refractivity contribution >= 4 is 28.2 Å². The second-order valence-electron chi connectivity index (χ2n) is 9.21. The van der Waals surface area contributed by atoms with Crippen LogP contribution >= 0.6 is 0 Å². The Kier molecular flexibility index (Phi) is 9.02. The predicted molar refractivity (Wildman–Crippen MR) is 134 cm³/mol. The quantitative estimate of drug-likeness (QED) is 0.283. The van der Waals surface area contributed by atoms with Crippen LogP contribution in [0.5, 0.6) is 5.75 Å². The molecule has 0 aromatic heterocycles. The summed E-state index contributed by atoms with van der Waals surface area (Å²) in [4.78, 5) is 36.2. The molecule has 0 aliphatic heterocycles. The maximum absolute atomic E-state index is 13.2. The van der Waals surface area contributed by atoms with Crippen LogP contribution in [0.15, 0.2) is 53.4 Å². The lowest BCUT2D eigenvalue weighted by Crippen LogP contribution is -2.61. The Morgan fingerprint density at radius 3 is 2.14 bits per heavy atom. The molecule has 0 radical (unpaired) electrons. The predicted octanol–water partition coefficient (Wildman–Crippen LogP) is 2.38. The number of rotatable bonds is 10. The normalized spacial score (nSPS) is 14.0. The molecule has 0 bridgehead atoms. The molecule has 0 spiro atoms. The summed E-state index contributed by atoms with van der Waals surface area (Å²) in [5.41, 5.74) is -1.38. The zero-order valence-corrected chi connectivity index (χ0v) is 21.6. The molecule has 2 N–H and O–H groups in total. The van der Waals surface area contributed by atoms with Gasteiger partial charge in [0.05, 0.1) is 4.90 Å². The third-order valence-corrected chi connectivity index (χ3v) is 6.32. The first-order valence-corrected chi connectivity index (χ1v) is 12.5. The van der Waals surface area contributed by atoms with E-state index >= 15 is 0 Å². The highest BCUT2D eigenvalue weighted by Crippen LogP contribution is 2.24. The van der Waals surface area contributed by atoms with Crippen LogP contribution < -0.4 is 14.8 Å². The highest BCUT2D eigenvalue weighted by molar-refractivity contribution is 7.89. The van der Waals surface area contributed by atoms with Crippen LogP contribution in [0.4, 0.5) is 0 Å². The minimum absolute atomic E-state index is 0.0900. The van der Waals surface area contributed by atoms with Gasteiger partial charge in [-0.1, -0.05) is 23.6 Å². The molecule has 2 atom stereocenters. The third-order valence-electron chi connectivity index (χ3n) is 4.88. The smallest absolute Gasteiger partial charge is 0.325 e. The molecular formula is C26H30N2O7S. The first-order chi connectivity index (χ1) is 16.7. The molecule has 0 saturated heterocycles. The first kappa shape index (κ1) is 28.6. The van der Waals surface area contributed by atoms with E-state index in [1.165, 1.54) is 43.3 Å². The van der Waals surface area contributed by atoms with Crippen LogP contribution in [-0.4, -0.2) is 50.4 Å². The second-order valence-corrected chi connectivity index (χ2v) is 10.9. The molecule has 0 fully saturated rings. The van der Waals surface area contributed by atoms with Gasteiger partial charge in [-0.15, -0.1) is 6.42 Å². The Bertz CT molecular complexity index is 1240. The van der Waals surface area contributed by atoms with Gasteiger partial charge in [-0.25, -0.2) is 8.42 Å². The van der Waals surface area contributed by atoms with E-state index in [1.807, 2.05) is 0 Å². The number of hydrogen-bond donors (Lipinski definition) is 2. The van der Waals surface area contributed by atoms with Crippen LogP contribution in [0.25, 0.3) is 0 Å².